The van der Waals surface area contributed by atoms with Gasteiger partial charge in [-0.1, -0.05) is 36.0 Å². The Labute approximate surface area is 139 Å². The first-order chi connectivity index (χ1) is 10.1. The molecule has 1 amide bonds. The molecule has 2 unspecified atom stereocenters. The lowest BCUT2D eigenvalue weighted by atomic mass is 9.85. The number of thioether (sulfide) groups is 1. The number of amides is 1. The molecule has 0 spiro atoms. The molecule has 0 aliphatic heterocycles. The van der Waals surface area contributed by atoms with Crippen LogP contribution in [0.25, 0.3) is 0 Å². The molecule has 0 radical (unpaired) electrons. The van der Waals surface area contributed by atoms with Gasteiger partial charge in [-0.2, -0.15) is 0 Å². The average Bonchev–Trinajstić information content (AvgIpc) is 2.49. The fourth-order valence-electron chi connectivity index (χ4n) is 2.60. The smallest absolute Gasteiger partial charge is 0.230 e. The van der Waals surface area contributed by atoms with E-state index >= 15 is 0 Å². The van der Waals surface area contributed by atoms with E-state index in [0.717, 1.165) is 30.6 Å². The third kappa shape index (κ3) is 5.06. The summed E-state index contributed by atoms with van der Waals surface area (Å²) < 4.78 is 0. The largest absolute Gasteiger partial charge is 0.396 e. The van der Waals surface area contributed by atoms with Crippen LogP contribution >= 0.6 is 35.0 Å². The van der Waals surface area contributed by atoms with Crippen LogP contribution < -0.4 is 5.32 Å². The summed E-state index contributed by atoms with van der Waals surface area (Å²) >= 11 is 13.4. The van der Waals surface area contributed by atoms with Crippen molar-refractivity contribution in [1.29, 1.82) is 0 Å². The van der Waals surface area contributed by atoms with Gasteiger partial charge in [-0.3, -0.25) is 4.79 Å². The van der Waals surface area contributed by atoms with Crippen molar-refractivity contribution in [1.82, 2.24) is 5.32 Å². The van der Waals surface area contributed by atoms with Crippen LogP contribution in [0.2, 0.25) is 10.0 Å². The first-order valence-electron chi connectivity index (χ1n) is 7.08. The molecule has 1 aromatic rings. The highest BCUT2D eigenvalue weighted by Gasteiger charge is 2.25. The van der Waals surface area contributed by atoms with Gasteiger partial charge in [-0.15, -0.1) is 11.8 Å². The predicted molar refractivity (Wildman–Crippen MR) is 88.2 cm³/mol. The van der Waals surface area contributed by atoms with Gasteiger partial charge in [0.15, 0.2) is 0 Å². The molecule has 116 valence electrons. The minimum absolute atomic E-state index is 0.0265. The van der Waals surface area contributed by atoms with Crippen molar-refractivity contribution in [2.75, 3.05) is 12.4 Å². The Kier molecular flexibility index (Phi) is 6.68. The van der Waals surface area contributed by atoms with Crippen molar-refractivity contribution >= 4 is 40.9 Å². The summed E-state index contributed by atoms with van der Waals surface area (Å²) in [5, 5.41) is 13.6. The number of carbonyl (C=O) groups excluding carboxylic acids is 1. The number of aliphatic hydroxyl groups is 1. The van der Waals surface area contributed by atoms with Gasteiger partial charge in [0.25, 0.3) is 0 Å². The number of halogens is 2. The zero-order chi connectivity index (χ0) is 15.2. The lowest BCUT2D eigenvalue weighted by molar-refractivity contribution is -0.120. The van der Waals surface area contributed by atoms with Crippen LogP contribution in [-0.4, -0.2) is 29.4 Å². The zero-order valence-electron chi connectivity index (χ0n) is 11.6. The van der Waals surface area contributed by atoms with E-state index in [4.69, 9.17) is 23.2 Å². The van der Waals surface area contributed by atoms with Crippen LogP contribution in [0.5, 0.6) is 0 Å². The Morgan fingerprint density at radius 1 is 1.33 bits per heavy atom. The van der Waals surface area contributed by atoms with E-state index < -0.39 is 0 Å². The highest BCUT2D eigenvalue weighted by molar-refractivity contribution is 8.00. The van der Waals surface area contributed by atoms with Crippen LogP contribution in [0, 0.1) is 5.92 Å². The van der Waals surface area contributed by atoms with Crippen molar-refractivity contribution in [2.45, 2.75) is 36.6 Å². The van der Waals surface area contributed by atoms with Crippen LogP contribution in [0.15, 0.2) is 23.1 Å². The van der Waals surface area contributed by atoms with Crippen LogP contribution in [0.3, 0.4) is 0 Å². The van der Waals surface area contributed by atoms with Crippen molar-refractivity contribution in [2.24, 2.45) is 5.92 Å². The summed E-state index contributed by atoms with van der Waals surface area (Å²) in [4.78, 5) is 12.9. The molecule has 1 fully saturated rings. The number of aliphatic hydroxyl groups excluding tert-OH is 1. The molecule has 0 heterocycles. The van der Waals surface area contributed by atoms with E-state index in [1.165, 1.54) is 11.8 Å². The summed E-state index contributed by atoms with van der Waals surface area (Å²) in [5.41, 5.74) is 0. The summed E-state index contributed by atoms with van der Waals surface area (Å²) in [6.45, 7) is 0.137. The Hall–Kier alpha value is -0.420. The Morgan fingerprint density at radius 2 is 2.10 bits per heavy atom. The minimum Gasteiger partial charge on any atom is -0.396 e. The summed E-state index contributed by atoms with van der Waals surface area (Å²) in [5.74, 6) is 0.457. The molecule has 0 aromatic heterocycles. The van der Waals surface area contributed by atoms with Gasteiger partial charge in [0.2, 0.25) is 5.91 Å². The molecule has 0 saturated heterocycles. The van der Waals surface area contributed by atoms with E-state index in [1.807, 2.05) is 0 Å². The van der Waals surface area contributed by atoms with Gasteiger partial charge in [0.1, 0.15) is 0 Å². The monoisotopic (exact) mass is 347 g/mol. The summed E-state index contributed by atoms with van der Waals surface area (Å²) in [6, 6.07) is 5.31. The molecular weight excluding hydrogens is 329 g/mol. The molecule has 1 aromatic carbocycles. The minimum atomic E-state index is -0.0265. The number of rotatable bonds is 5. The summed E-state index contributed by atoms with van der Waals surface area (Å²) in [6.07, 6.45) is 4.16. The van der Waals surface area contributed by atoms with E-state index in [-0.39, 0.29) is 24.5 Å². The maximum atomic E-state index is 12.1. The fraction of sp³-hybridized carbons (Fsp3) is 0.533. The average molecular weight is 348 g/mol. The molecular formula is C15H19Cl2NO2S. The number of nitrogens with one attached hydrogen (secondary N) is 1. The number of benzene rings is 1. The van der Waals surface area contributed by atoms with Crippen molar-refractivity contribution in [3.05, 3.63) is 28.2 Å². The van der Waals surface area contributed by atoms with Crippen LogP contribution in [-0.2, 0) is 4.79 Å². The van der Waals surface area contributed by atoms with Crippen LogP contribution in [0.1, 0.15) is 25.7 Å². The molecule has 1 saturated carbocycles. The Bertz CT molecular complexity index is 499. The maximum absolute atomic E-state index is 12.1. The molecule has 3 nitrogen and oxygen atoms in total. The first kappa shape index (κ1) is 16.9. The highest BCUT2D eigenvalue weighted by atomic mass is 35.5. The van der Waals surface area contributed by atoms with Gasteiger partial charge >= 0.3 is 0 Å². The van der Waals surface area contributed by atoms with Gasteiger partial charge in [-0.25, -0.2) is 0 Å². The Morgan fingerprint density at radius 3 is 2.86 bits per heavy atom. The van der Waals surface area contributed by atoms with Gasteiger partial charge in [0, 0.05) is 28.5 Å². The second kappa shape index (κ2) is 8.28. The Balaban J connectivity index is 1.85. The third-order valence-electron chi connectivity index (χ3n) is 3.74. The van der Waals surface area contributed by atoms with E-state index in [1.54, 1.807) is 18.2 Å². The van der Waals surface area contributed by atoms with Crippen LogP contribution in [0.4, 0.5) is 0 Å². The molecule has 1 aliphatic rings. The number of hydrogen-bond acceptors (Lipinski definition) is 3. The third-order valence-corrected chi connectivity index (χ3v) is 5.47. The van der Waals surface area contributed by atoms with Crippen molar-refractivity contribution in [3.8, 4) is 0 Å². The molecule has 6 heteroatoms. The molecule has 2 N–H and O–H groups in total. The molecule has 0 bridgehead atoms. The zero-order valence-corrected chi connectivity index (χ0v) is 14.0. The van der Waals surface area contributed by atoms with E-state index in [2.05, 4.69) is 5.32 Å². The van der Waals surface area contributed by atoms with E-state index in [9.17, 15) is 9.90 Å². The van der Waals surface area contributed by atoms with Crippen molar-refractivity contribution < 1.29 is 9.90 Å². The standard InChI is InChI=1S/C15H19Cl2NO2S/c16-11-5-6-12(17)14(7-11)21-9-15(20)18-13-4-2-1-3-10(13)8-19/h5-7,10,13,19H,1-4,8-9H2,(H,18,20). The molecule has 1 aliphatic carbocycles. The lowest BCUT2D eigenvalue weighted by Crippen LogP contribution is -2.44. The maximum Gasteiger partial charge on any atom is 0.230 e. The fourth-order valence-corrected chi connectivity index (χ4v) is 3.90. The topological polar surface area (TPSA) is 49.3 Å². The first-order valence-corrected chi connectivity index (χ1v) is 8.82. The lowest BCUT2D eigenvalue weighted by Gasteiger charge is -2.30. The van der Waals surface area contributed by atoms with E-state index in [0.29, 0.717) is 15.8 Å². The summed E-state index contributed by atoms with van der Waals surface area (Å²) in [7, 11) is 0. The van der Waals surface area contributed by atoms with Gasteiger partial charge in [-0.05, 0) is 31.0 Å². The van der Waals surface area contributed by atoms with Gasteiger partial charge in [0.05, 0.1) is 10.8 Å². The second-order valence-electron chi connectivity index (χ2n) is 5.26. The molecule has 2 rings (SSSR count). The SMILES string of the molecule is O=C(CSc1cc(Cl)ccc1Cl)NC1CCCCC1CO. The number of hydrogen-bond donors (Lipinski definition) is 2. The molecule has 21 heavy (non-hydrogen) atoms. The molecule has 2 atom stereocenters. The highest BCUT2D eigenvalue weighted by Crippen LogP contribution is 2.30. The van der Waals surface area contributed by atoms with Gasteiger partial charge < -0.3 is 10.4 Å². The number of carbonyl (C=O) groups is 1. The van der Waals surface area contributed by atoms with Crippen molar-refractivity contribution in [3.63, 3.8) is 0 Å². The quantitative estimate of drug-likeness (QED) is 0.797. The normalized spacial score (nSPS) is 22.0. The second-order valence-corrected chi connectivity index (χ2v) is 7.13. The predicted octanol–water partition coefficient (Wildman–Crippen LogP) is 3.75.